The zero-order chi connectivity index (χ0) is 18.1. The van der Waals surface area contributed by atoms with Crippen LogP contribution in [0.25, 0.3) is 10.2 Å². The lowest BCUT2D eigenvalue weighted by atomic mass is 10.0. The molecule has 3 rings (SSSR count). The molecule has 0 saturated carbocycles. The van der Waals surface area contributed by atoms with Crippen LogP contribution < -0.4 is 10.5 Å². The maximum absolute atomic E-state index is 14.7. The normalized spacial score (nSPS) is 12.3. The maximum Gasteiger partial charge on any atom is 0.279 e. The molecule has 0 aliphatic carbocycles. The fraction of sp³-hybridized carbons (Fsp3) is 0.188. The van der Waals surface area contributed by atoms with Gasteiger partial charge in [0.05, 0.1) is 20.2 Å². The van der Waals surface area contributed by atoms with E-state index in [2.05, 4.69) is 4.98 Å². The number of nitro groups is 1. The highest BCUT2D eigenvalue weighted by atomic mass is 35.5. The standard InChI is InChI=1S/C16H13ClFN3O3S/c1-2-11(19)9-4-5-10(17)15(14(9)18)24-16-20-12-7-8(21(22)23)3-6-13(12)25-16/h3-7,11H,2,19H2,1H3/t11-/m1/s1. The minimum atomic E-state index is -0.632. The van der Waals surface area contributed by atoms with E-state index in [0.29, 0.717) is 22.2 Å². The first-order valence-corrected chi connectivity index (χ1v) is 8.56. The summed E-state index contributed by atoms with van der Waals surface area (Å²) in [5.74, 6) is -0.788. The number of halogens is 2. The number of rotatable bonds is 5. The molecule has 9 heteroatoms. The number of fused-ring (bicyclic) bond motifs is 1. The molecule has 3 aromatic rings. The fourth-order valence-electron chi connectivity index (χ4n) is 2.29. The molecule has 1 heterocycles. The van der Waals surface area contributed by atoms with Gasteiger partial charge in [0.2, 0.25) is 0 Å². The van der Waals surface area contributed by atoms with Gasteiger partial charge in [0.1, 0.15) is 0 Å². The molecule has 130 valence electrons. The van der Waals surface area contributed by atoms with Crippen LogP contribution in [0, 0.1) is 15.9 Å². The van der Waals surface area contributed by atoms with Crippen molar-refractivity contribution in [3.05, 3.63) is 56.8 Å². The number of ether oxygens (including phenoxy) is 1. The number of non-ortho nitro benzene ring substituents is 1. The second-order valence-electron chi connectivity index (χ2n) is 5.29. The number of hydrogen-bond donors (Lipinski definition) is 1. The first-order chi connectivity index (χ1) is 11.9. The van der Waals surface area contributed by atoms with E-state index in [9.17, 15) is 14.5 Å². The van der Waals surface area contributed by atoms with Crippen molar-refractivity contribution >= 4 is 38.8 Å². The van der Waals surface area contributed by atoms with Gasteiger partial charge in [-0.2, -0.15) is 0 Å². The molecule has 0 aliphatic heterocycles. The number of aromatic nitrogens is 1. The molecule has 0 aliphatic rings. The number of thiazole rings is 1. The van der Waals surface area contributed by atoms with Crippen LogP contribution in [0.1, 0.15) is 24.9 Å². The molecule has 2 aromatic carbocycles. The molecule has 25 heavy (non-hydrogen) atoms. The van der Waals surface area contributed by atoms with Crippen molar-refractivity contribution in [2.75, 3.05) is 0 Å². The molecular formula is C16H13ClFN3O3S. The van der Waals surface area contributed by atoms with Gasteiger partial charge < -0.3 is 10.5 Å². The zero-order valence-corrected chi connectivity index (χ0v) is 14.6. The Morgan fingerprint density at radius 1 is 1.44 bits per heavy atom. The molecule has 1 aromatic heterocycles. The van der Waals surface area contributed by atoms with Crippen LogP contribution in [0.3, 0.4) is 0 Å². The van der Waals surface area contributed by atoms with Crippen molar-refractivity contribution < 1.29 is 14.1 Å². The molecule has 0 saturated heterocycles. The summed E-state index contributed by atoms with van der Waals surface area (Å²) in [4.78, 5) is 14.5. The van der Waals surface area contributed by atoms with Gasteiger partial charge >= 0.3 is 0 Å². The average molecular weight is 382 g/mol. The van der Waals surface area contributed by atoms with Crippen LogP contribution in [-0.4, -0.2) is 9.91 Å². The maximum atomic E-state index is 14.7. The van der Waals surface area contributed by atoms with E-state index >= 15 is 0 Å². The van der Waals surface area contributed by atoms with Crippen molar-refractivity contribution in [2.24, 2.45) is 5.73 Å². The van der Waals surface area contributed by atoms with Crippen LogP contribution in [0.4, 0.5) is 10.1 Å². The van der Waals surface area contributed by atoms with Gasteiger partial charge in [-0.25, -0.2) is 9.37 Å². The Balaban J connectivity index is 1.99. The summed E-state index contributed by atoms with van der Waals surface area (Å²) in [6, 6.07) is 6.85. The first kappa shape index (κ1) is 17.5. The topological polar surface area (TPSA) is 91.3 Å². The lowest BCUT2D eigenvalue weighted by Gasteiger charge is -2.14. The van der Waals surface area contributed by atoms with Crippen molar-refractivity contribution in [2.45, 2.75) is 19.4 Å². The van der Waals surface area contributed by atoms with Gasteiger partial charge in [0, 0.05) is 23.7 Å². The number of nitro benzene ring substituents is 1. The lowest BCUT2D eigenvalue weighted by molar-refractivity contribution is -0.384. The summed E-state index contributed by atoms with van der Waals surface area (Å²) >= 11 is 7.18. The van der Waals surface area contributed by atoms with Crippen LogP contribution in [0.15, 0.2) is 30.3 Å². The Morgan fingerprint density at radius 2 is 2.20 bits per heavy atom. The highest BCUT2D eigenvalue weighted by Gasteiger charge is 2.20. The first-order valence-electron chi connectivity index (χ1n) is 7.37. The van der Waals surface area contributed by atoms with E-state index in [0.717, 1.165) is 11.3 Å². The highest BCUT2D eigenvalue weighted by Crippen LogP contribution is 2.39. The lowest BCUT2D eigenvalue weighted by Crippen LogP contribution is -2.11. The van der Waals surface area contributed by atoms with E-state index in [1.54, 1.807) is 6.07 Å². The number of hydrogen-bond acceptors (Lipinski definition) is 6. The Bertz CT molecular complexity index is 963. The molecule has 0 bridgehead atoms. The number of nitrogens with zero attached hydrogens (tertiary/aromatic N) is 2. The van der Waals surface area contributed by atoms with Crippen LogP contribution in [0.2, 0.25) is 5.02 Å². The molecule has 0 radical (unpaired) electrons. The third kappa shape index (κ3) is 3.41. The van der Waals surface area contributed by atoms with Gasteiger partial charge in [-0.1, -0.05) is 35.9 Å². The van der Waals surface area contributed by atoms with E-state index in [1.165, 1.54) is 24.3 Å². The quantitative estimate of drug-likeness (QED) is 0.484. The monoisotopic (exact) mass is 381 g/mol. The van der Waals surface area contributed by atoms with E-state index in [1.807, 2.05) is 6.92 Å². The van der Waals surface area contributed by atoms with Crippen molar-refractivity contribution in [1.82, 2.24) is 4.98 Å². The van der Waals surface area contributed by atoms with Crippen molar-refractivity contribution in [3.8, 4) is 10.9 Å². The van der Waals surface area contributed by atoms with E-state index in [4.69, 9.17) is 22.1 Å². The molecule has 0 fully saturated rings. The minimum Gasteiger partial charge on any atom is -0.426 e. The number of benzene rings is 2. The highest BCUT2D eigenvalue weighted by molar-refractivity contribution is 7.20. The van der Waals surface area contributed by atoms with Gasteiger partial charge in [-0.3, -0.25) is 10.1 Å². The van der Waals surface area contributed by atoms with Gasteiger partial charge in [-0.05, 0) is 18.6 Å². The Kier molecular flexibility index (Phi) is 4.85. The molecule has 0 spiro atoms. The third-order valence-corrected chi connectivity index (χ3v) is 4.88. The minimum absolute atomic E-state index is 0.0792. The summed E-state index contributed by atoms with van der Waals surface area (Å²) < 4.78 is 20.9. The second-order valence-corrected chi connectivity index (χ2v) is 6.69. The average Bonchev–Trinajstić information content (AvgIpc) is 2.99. The SMILES string of the molecule is CC[C@@H](N)c1ccc(Cl)c(Oc2nc3cc([N+](=O)[O-])ccc3s2)c1F. The molecular weight excluding hydrogens is 369 g/mol. The molecule has 6 nitrogen and oxygen atoms in total. The molecule has 1 atom stereocenters. The summed E-state index contributed by atoms with van der Waals surface area (Å²) in [5, 5.41) is 11.1. The Labute approximate surface area is 151 Å². The van der Waals surface area contributed by atoms with Crippen LogP contribution in [0.5, 0.6) is 10.9 Å². The predicted molar refractivity (Wildman–Crippen MR) is 95.0 cm³/mol. The molecule has 0 unspecified atom stereocenters. The van der Waals surface area contributed by atoms with Gasteiger partial charge in [-0.15, -0.1) is 0 Å². The van der Waals surface area contributed by atoms with E-state index in [-0.39, 0.29) is 21.7 Å². The van der Waals surface area contributed by atoms with Gasteiger partial charge in [0.25, 0.3) is 10.9 Å². The summed E-state index contributed by atoms with van der Waals surface area (Å²) in [7, 11) is 0. The smallest absolute Gasteiger partial charge is 0.279 e. The summed E-state index contributed by atoms with van der Waals surface area (Å²) in [5.41, 5.74) is 6.52. The van der Waals surface area contributed by atoms with Crippen molar-refractivity contribution in [3.63, 3.8) is 0 Å². The summed E-state index contributed by atoms with van der Waals surface area (Å²) in [6.07, 6.45) is 0.558. The molecule has 2 N–H and O–H groups in total. The van der Waals surface area contributed by atoms with E-state index < -0.39 is 16.8 Å². The predicted octanol–water partition coefficient (Wildman–Crippen LogP) is 5.20. The Hall–Kier alpha value is -2.29. The van der Waals surface area contributed by atoms with Crippen LogP contribution in [-0.2, 0) is 0 Å². The third-order valence-electron chi connectivity index (χ3n) is 3.67. The second kappa shape index (κ2) is 6.91. The largest absolute Gasteiger partial charge is 0.426 e. The van der Waals surface area contributed by atoms with Crippen molar-refractivity contribution in [1.29, 1.82) is 0 Å². The van der Waals surface area contributed by atoms with Crippen LogP contribution >= 0.6 is 22.9 Å². The summed E-state index contributed by atoms with van der Waals surface area (Å²) in [6.45, 7) is 1.85. The zero-order valence-electron chi connectivity index (χ0n) is 13.0. The number of nitrogens with two attached hydrogens (primary N) is 1. The van der Waals surface area contributed by atoms with Gasteiger partial charge in [0.15, 0.2) is 11.6 Å². The molecule has 0 amide bonds. The Morgan fingerprint density at radius 3 is 2.88 bits per heavy atom. The fourth-order valence-corrected chi connectivity index (χ4v) is 3.27.